The molecule has 1 fully saturated rings. The van der Waals surface area contributed by atoms with Crippen LogP contribution in [0.1, 0.15) is 12.8 Å². The molecule has 0 aromatic carbocycles. The summed E-state index contributed by atoms with van der Waals surface area (Å²) in [4.78, 5) is 32.7. The molecule has 0 aromatic heterocycles. The number of nitrogens with one attached hydrogen (secondary N) is 3. The maximum Gasteiger partial charge on any atom is 0.322 e. The second-order valence-electron chi connectivity index (χ2n) is 4.01. The molecule has 1 unspecified atom stereocenters. The van der Waals surface area contributed by atoms with Crippen LogP contribution in [0.2, 0.25) is 0 Å². The first-order valence-electron chi connectivity index (χ1n) is 5.54. The topological polar surface area (TPSA) is 108 Å². The highest BCUT2D eigenvalue weighted by atomic mass is 16.4. The van der Waals surface area contributed by atoms with Crippen LogP contribution in [0.5, 0.6) is 0 Å². The van der Waals surface area contributed by atoms with Gasteiger partial charge in [-0.2, -0.15) is 0 Å². The Bertz CT molecular complexity index is 300. The Morgan fingerprint density at radius 2 is 1.88 bits per heavy atom. The molecule has 1 aliphatic rings. The van der Waals surface area contributed by atoms with Crippen molar-refractivity contribution in [2.24, 2.45) is 5.92 Å². The predicted molar refractivity (Wildman–Crippen MR) is 59.2 cm³/mol. The minimum Gasteiger partial charge on any atom is -0.480 e. The van der Waals surface area contributed by atoms with Crippen LogP contribution in [-0.4, -0.2) is 49.1 Å². The molecule has 0 spiro atoms. The predicted octanol–water partition coefficient (Wildman–Crippen LogP) is -1.70. The fourth-order valence-corrected chi connectivity index (χ4v) is 1.64. The van der Waals surface area contributed by atoms with Gasteiger partial charge in [-0.1, -0.05) is 0 Å². The Hall–Kier alpha value is -1.63. The maximum absolute atomic E-state index is 11.4. The van der Waals surface area contributed by atoms with Crippen LogP contribution in [0.15, 0.2) is 0 Å². The molecule has 4 N–H and O–H groups in total. The fourth-order valence-electron chi connectivity index (χ4n) is 1.64. The zero-order valence-corrected chi connectivity index (χ0v) is 9.49. The lowest BCUT2D eigenvalue weighted by Crippen LogP contribution is -2.39. The Kier molecular flexibility index (Phi) is 5.41. The van der Waals surface area contributed by atoms with Crippen LogP contribution in [-0.2, 0) is 14.4 Å². The van der Waals surface area contributed by atoms with Crippen LogP contribution in [0, 0.1) is 5.92 Å². The van der Waals surface area contributed by atoms with Gasteiger partial charge in [0.05, 0.1) is 6.54 Å². The molecule has 0 bridgehead atoms. The average Bonchev–Trinajstić information content (AvgIpc) is 2.76. The molecule has 1 rings (SSSR count). The lowest BCUT2D eigenvalue weighted by atomic mass is 10.0. The van der Waals surface area contributed by atoms with Gasteiger partial charge in [0.2, 0.25) is 11.8 Å². The second-order valence-corrected chi connectivity index (χ2v) is 4.01. The molecule has 17 heavy (non-hydrogen) atoms. The van der Waals surface area contributed by atoms with E-state index in [2.05, 4.69) is 16.0 Å². The standard InChI is InChI=1S/C10H17N3O4/c14-8(3-7-1-2-11-4-7)12-5-9(15)13-6-10(16)17/h7,11H,1-6H2,(H,12,14)(H,13,15)(H,16,17). The minimum absolute atomic E-state index is 0.174. The van der Waals surface area contributed by atoms with Crippen molar-refractivity contribution in [2.75, 3.05) is 26.2 Å². The number of hydrogen-bond acceptors (Lipinski definition) is 4. The lowest BCUT2D eigenvalue weighted by Gasteiger charge is -2.08. The van der Waals surface area contributed by atoms with E-state index in [4.69, 9.17) is 5.11 Å². The molecular weight excluding hydrogens is 226 g/mol. The molecule has 2 amide bonds. The summed E-state index contributed by atoms with van der Waals surface area (Å²) in [6.45, 7) is 1.16. The molecule has 0 aliphatic carbocycles. The summed E-state index contributed by atoms with van der Waals surface area (Å²) in [5.74, 6) is -1.45. The van der Waals surface area contributed by atoms with E-state index < -0.39 is 18.4 Å². The monoisotopic (exact) mass is 243 g/mol. The van der Waals surface area contributed by atoms with Gasteiger partial charge in [0.25, 0.3) is 0 Å². The van der Waals surface area contributed by atoms with E-state index in [1.54, 1.807) is 0 Å². The number of carboxylic acid groups (broad SMARTS) is 1. The van der Waals surface area contributed by atoms with Crippen LogP contribution < -0.4 is 16.0 Å². The average molecular weight is 243 g/mol. The number of carbonyl (C=O) groups is 3. The van der Waals surface area contributed by atoms with Crippen LogP contribution in [0.4, 0.5) is 0 Å². The van der Waals surface area contributed by atoms with Gasteiger partial charge < -0.3 is 21.1 Å². The Balaban J connectivity index is 2.10. The first kappa shape index (κ1) is 13.4. The van der Waals surface area contributed by atoms with Crippen molar-refractivity contribution < 1.29 is 19.5 Å². The molecule has 7 nitrogen and oxygen atoms in total. The van der Waals surface area contributed by atoms with E-state index in [0.29, 0.717) is 12.3 Å². The molecule has 1 saturated heterocycles. The summed E-state index contributed by atoms with van der Waals surface area (Å²) in [6, 6.07) is 0. The molecular formula is C10H17N3O4. The largest absolute Gasteiger partial charge is 0.480 e. The SMILES string of the molecule is O=C(O)CNC(=O)CNC(=O)CC1CCNC1. The number of rotatable bonds is 6. The van der Waals surface area contributed by atoms with Crippen molar-refractivity contribution in [3.8, 4) is 0 Å². The molecule has 1 heterocycles. The summed E-state index contributed by atoms with van der Waals surface area (Å²) in [5, 5.41) is 16.1. The van der Waals surface area contributed by atoms with E-state index in [1.807, 2.05) is 0 Å². The van der Waals surface area contributed by atoms with Gasteiger partial charge >= 0.3 is 5.97 Å². The third-order valence-corrected chi connectivity index (χ3v) is 2.52. The minimum atomic E-state index is -1.11. The van der Waals surface area contributed by atoms with Crippen molar-refractivity contribution in [1.82, 2.24) is 16.0 Å². The van der Waals surface area contributed by atoms with Crippen molar-refractivity contribution in [1.29, 1.82) is 0 Å². The number of amides is 2. The van der Waals surface area contributed by atoms with Gasteiger partial charge in [-0.15, -0.1) is 0 Å². The van der Waals surface area contributed by atoms with Crippen molar-refractivity contribution in [2.45, 2.75) is 12.8 Å². The van der Waals surface area contributed by atoms with E-state index in [-0.39, 0.29) is 12.5 Å². The summed E-state index contributed by atoms with van der Waals surface area (Å²) >= 11 is 0. The first-order chi connectivity index (χ1) is 8.08. The van der Waals surface area contributed by atoms with Gasteiger partial charge in [0.1, 0.15) is 6.54 Å². The van der Waals surface area contributed by atoms with E-state index >= 15 is 0 Å². The van der Waals surface area contributed by atoms with Crippen molar-refractivity contribution >= 4 is 17.8 Å². The summed E-state index contributed by atoms with van der Waals surface area (Å²) < 4.78 is 0. The molecule has 0 aromatic rings. The highest BCUT2D eigenvalue weighted by Crippen LogP contribution is 2.11. The first-order valence-corrected chi connectivity index (χ1v) is 5.54. The Morgan fingerprint density at radius 3 is 2.47 bits per heavy atom. The second kappa shape index (κ2) is 6.85. The van der Waals surface area contributed by atoms with Gasteiger partial charge in [-0.3, -0.25) is 14.4 Å². The molecule has 96 valence electrons. The quantitative estimate of drug-likeness (QED) is 0.445. The zero-order chi connectivity index (χ0) is 12.7. The molecule has 1 aliphatic heterocycles. The van der Waals surface area contributed by atoms with Crippen LogP contribution in [0.3, 0.4) is 0 Å². The smallest absolute Gasteiger partial charge is 0.322 e. The molecule has 7 heteroatoms. The number of aliphatic carboxylic acids is 1. The highest BCUT2D eigenvalue weighted by molar-refractivity contribution is 5.86. The number of carboxylic acids is 1. The molecule has 0 saturated carbocycles. The fraction of sp³-hybridized carbons (Fsp3) is 0.700. The van der Waals surface area contributed by atoms with Crippen LogP contribution in [0.25, 0.3) is 0 Å². The zero-order valence-electron chi connectivity index (χ0n) is 9.49. The van der Waals surface area contributed by atoms with Gasteiger partial charge in [0.15, 0.2) is 0 Å². The van der Waals surface area contributed by atoms with Gasteiger partial charge in [-0.05, 0) is 25.4 Å². The van der Waals surface area contributed by atoms with Crippen molar-refractivity contribution in [3.05, 3.63) is 0 Å². The van der Waals surface area contributed by atoms with E-state index in [9.17, 15) is 14.4 Å². The van der Waals surface area contributed by atoms with E-state index in [1.165, 1.54) is 0 Å². The van der Waals surface area contributed by atoms with E-state index in [0.717, 1.165) is 19.5 Å². The summed E-state index contributed by atoms with van der Waals surface area (Å²) in [5.41, 5.74) is 0. The summed E-state index contributed by atoms with van der Waals surface area (Å²) in [7, 11) is 0. The third-order valence-electron chi connectivity index (χ3n) is 2.52. The normalized spacial score (nSPS) is 18.7. The number of carbonyl (C=O) groups excluding carboxylic acids is 2. The maximum atomic E-state index is 11.4. The lowest BCUT2D eigenvalue weighted by molar-refractivity contribution is -0.137. The molecule has 1 atom stereocenters. The molecule has 0 radical (unpaired) electrons. The number of hydrogen-bond donors (Lipinski definition) is 4. The van der Waals surface area contributed by atoms with Crippen molar-refractivity contribution in [3.63, 3.8) is 0 Å². The Labute approximate surface area is 98.9 Å². The van der Waals surface area contributed by atoms with Gasteiger partial charge in [0, 0.05) is 6.42 Å². The Morgan fingerprint density at radius 1 is 1.18 bits per heavy atom. The summed E-state index contributed by atoms with van der Waals surface area (Å²) in [6.07, 6.45) is 1.37. The van der Waals surface area contributed by atoms with Crippen LogP contribution >= 0.6 is 0 Å². The van der Waals surface area contributed by atoms with Gasteiger partial charge in [-0.25, -0.2) is 0 Å². The third kappa shape index (κ3) is 5.86. The highest BCUT2D eigenvalue weighted by Gasteiger charge is 2.18.